The number of aromatic nitrogens is 4. The van der Waals surface area contributed by atoms with Gasteiger partial charge in [0.15, 0.2) is 0 Å². The van der Waals surface area contributed by atoms with Crippen LogP contribution in [0.4, 0.5) is 4.39 Å². The second-order valence-corrected chi connectivity index (χ2v) is 13.5. The van der Waals surface area contributed by atoms with E-state index in [-0.39, 0.29) is 24.3 Å². The van der Waals surface area contributed by atoms with Crippen LogP contribution in [-0.2, 0) is 26.4 Å². The van der Waals surface area contributed by atoms with Crippen LogP contribution < -0.4 is 16.0 Å². The zero-order valence-corrected chi connectivity index (χ0v) is 27.3. The molecule has 46 heavy (non-hydrogen) atoms. The van der Waals surface area contributed by atoms with Crippen LogP contribution in [0.2, 0.25) is 0 Å². The zero-order chi connectivity index (χ0) is 32.7. The quantitative estimate of drug-likeness (QED) is 0.262. The Balaban J connectivity index is 1.57. The molecule has 0 bridgehead atoms. The lowest BCUT2D eigenvalue weighted by Crippen LogP contribution is -2.56. The fourth-order valence-corrected chi connectivity index (χ4v) is 7.86. The van der Waals surface area contributed by atoms with Crippen molar-refractivity contribution in [1.82, 2.24) is 23.8 Å². The standard InChI is InChI=1S/C33H38FN5O6S/c1-20-27-28(41)39(33(2,3)31(42)36-15-5-6-16-36)32(43)37(30(27)46-29(20)38-17-7-14-35-38)19-26(45-23-11-9-22(40)10-12-23)24-18-21(34)8-13-25(24)44-4/h7-8,13-14,17-18,23,26H,5-6,9-12,15-16,19H2,1-4H3. The predicted molar refractivity (Wildman–Crippen MR) is 171 cm³/mol. The van der Waals surface area contributed by atoms with Crippen molar-refractivity contribution in [2.24, 2.45) is 0 Å². The van der Waals surface area contributed by atoms with Crippen LogP contribution in [0, 0.1) is 12.7 Å². The number of aryl methyl sites for hydroxylation is 1. The Morgan fingerprint density at radius 1 is 1.15 bits per heavy atom. The highest BCUT2D eigenvalue weighted by Crippen LogP contribution is 2.36. The number of halogens is 1. The maximum Gasteiger partial charge on any atom is 0.333 e. The first-order chi connectivity index (χ1) is 22.0. The Morgan fingerprint density at radius 3 is 2.52 bits per heavy atom. The Morgan fingerprint density at radius 2 is 1.87 bits per heavy atom. The van der Waals surface area contributed by atoms with E-state index in [1.54, 1.807) is 48.8 Å². The summed E-state index contributed by atoms with van der Waals surface area (Å²) in [6.07, 6.45) is 5.64. The average molecular weight is 652 g/mol. The van der Waals surface area contributed by atoms with Crippen LogP contribution in [0.1, 0.15) is 69.6 Å². The highest BCUT2D eigenvalue weighted by atomic mass is 32.1. The molecule has 13 heteroatoms. The molecular weight excluding hydrogens is 613 g/mol. The van der Waals surface area contributed by atoms with E-state index in [1.165, 1.54) is 41.2 Å². The van der Waals surface area contributed by atoms with Crippen molar-refractivity contribution in [3.8, 4) is 10.8 Å². The van der Waals surface area contributed by atoms with Gasteiger partial charge < -0.3 is 14.4 Å². The number of likely N-dealkylation sites (tertiary alicyclic amines) is 1. The Bertz CT molecular complexity index is 1890. The fraction of sp³-hybridized carbons (Fsp3) is 0.485. The molecule has 4 heterocycles. The van der Waals surface area contributed by atoms with Crippen LogP contribution in [-0.4, -0.2) is 61.8 Å². The lowest BCUT2D eigenvalue weighted by Gasteiger charge is -2.32. The molecule has 1 saturated heterocycles. The molecule has 1 aliphatic heterocycles. The number of amides is 1. The lowest BCUT2D eigenvalue weighted by molar-refractivity contribution is -0.138. The predicted octanol–water partition coefficient (Wildman–Crippen LogP) is 4.49. The molecule has 1 unspecified atom stereocenters. The summed E-state index contributed by atoms with van der Waals surface area (Å²) in [5.41, 5.74) is -1.72. The van der Waals surface area contributed by atoms with Gasteiger partial charge >= 0.3 is 5.69 Å². The number of ketones is 1. The first kappa shape index (κ1) is 31.9. The minimum absolute atomic E-state index is 0.105. The summed E-state index contributed by atoms with van der Waals surface area (Å²) in [6.45, 7) is 6.03. The number of benzene rings is 1. The molecule has 3 aromatic heterocycles. The SMILES string of the molecule is COc1ccc(F)cc1C(Cn1c(=O)n(C(C)(C)C(=O)N2CCCC2)c(=O)c2c(C)c(-n3cccn3)sc21)OC1CCC(=O)CC1. The normalized spacial score (nSPS) is 16.8. The van der Waals surface area contributed by atoms with E-state index >= 15 is 0 Å². The van der Waals surface area contributed by atoms with Gasteiger partial charge in [0, 0.05) is 49.5 Å². The summed E-state index contributed by atoms with van der Waals surface area (Å²) in [5.74, 6) is -0.271. The van der Waals surface area contributed by atoms with Crippen LogP contribution in [0.15, 0.2) is 46.2 Å². The minimum Gasteiger partial charge on any atom is -0.496 e. The third kappa shape index (κ3) is 5.70. The minimum atomic E-state index is -1.49. The highest BCUT2D eigenvalue weighted by Gasteiger charge is 2.39. The number of rotatable bonds is 9. The molecule has 1 atom stereocenters. The van der Waals surface area contributed by atoms with Crippen molar-refractivity contribution in [1.29, 1.82) is 0 Å². The second-order valence-electron chi connectivity index (χ2n) is 12.5. The molecule has 0 radical (unpaired) electrons. The number of hydrogen-bond donors (Lipinski definition) is 0. The summed E-state index contributed by atoms with van der Waals surface area (Å²) in [7, 11) is 1.48. The van der Waals surface area contributed by atoms with Gasteiger partial charge in [-0.3, -0.25) is 19.0 Å². The number of fused-ring (bicyclic) bond motifs is 1. The van der Waals surface area contributed by atoms with Crippen LogP contribution in [0.25, 0.3) is 15.2 Å². The van der Waals surface area contributed by atoms with Gasteiger partial charge in [0.05, 0.1) is 25.1 Å². The second kappa shape index (κ2) is 12.6. The molecule has 0 spiro atoms. The van der Waals surface area contributed by atoms with Crippen LogP contribution in [0.3, 0.4) is 0 Å². The molecule has 2 aliphatic rings. The molecule has 11 nitrogen and oxygen atoms in total. The van der Waals surface area contributed by atoms with Gasteiger partial charge in [-0.1, -0.05) is 11.3 Å². The molecule has 4 aromatic rings. The van der Waals surface area contributed by atoms with E-state index in [0.29, 0.717) is 70.9 Å². The Labute approximate surface area is 269 Å². The lowest BCUT2D eigenvalue weighted by atomic mass is 9.96. The maximum atomic E-state index is 14.7. The largest absolute Gasteiger partial charge is 0.496 e. The molecule has 1 aliphatic carbocycles. The molecule has 244 valence electrons. The van der Waals surface area contributed by atoms with Crippen molar-refractivity contribution in [3.05, 3.63) is 74.4 Å². The van der Waals surface area contributed by atoms with Gasteiger partial charge in [0.2, 0.25) is 5.91 Å². The molecular formula is C33H38FN5O6S. The van der Waals surface area contributed by atoms with Gasteiger partial charge in [-0.25, -0.2) is 18.4 Å². The highest BCUT2D eigenvalue weighted by molar-refractivity contribution is 7.21. The monoisotopic (exact) mass is 651 g/mol. The van der Waals surface area contributed by atoms with E-state index in [2.05, 4.69) is 5.10 Å². The van der Waals surface area contributed by atoms with Gasteiger partial charge in [-0.15, -0.1) is 0 Å². The zero-order valence-electron chi connectivity index (χ0n) is 26.5. The van der Waals surface area contributed by atoms with E-state index in [4.69, 9.17) is 9.47 Å². The van der Waals surface area contributed by atoms with Crippen molar-refractivity contribution >= 4 is 33.2 Å². The van der Waals surface area contributed by atoms with Gasteiger partial charge in [-0.05, 0) is 70.7 Å². The topological polar surface area (TPSA) is 118 Å². The summed E-state index contributed by atoms with van der Waals surface area (Å²) >= 11 is 1.24. The van der Waals surface area contributed by atoms with Crippen molar-refractivity contribution < 1.29 is 23.5 Å². The molecule has 2 fully saturated rings. The maximum absolute atomic E-state index is 14.7. The van der Waals surface area contributed by atoms with Crippen LogP contribution >= 0.6 is 11.3 Å². The molecule has 6 rings (SSSR count). The van der Waals surface area contributed by atoms with Gasteiger partial charge in [0.25, 0.3) is 5.56 Å². The molecule has 1 saturated carbocycles. The Kier molecular flexibility index (Phi) is 8.73. The number of methoxy groups -OCH3 is 1. The number of ether oxygens (including phenoxy) is 2. The third-order valence-corrected chi connectivity index (χ3v) is 10.4. The first-order valence-corrected chi connectivity index (χ1v) is 16.4. The number of carbonyl (C=O) groups excluding carboxylic acids is 2. The van der Waals surface area contributed by atoms with Gasteiger partial charge in [-0.2, -0.15) is 5.10 Å². The van der Waals surface area contributed by atoms with E-state index in [1.807, 2.05) is 0 Å². The van der Waals surface area contributed by atoms with E-state index in [9.17, 15) is 23.6 Å². The fourth-order valence-electron chi connectivity index (χ4n) is 6.62. The van der Waals surface area contributed by atoms with Crippen molar-refractivity contribution in [2.75, 3.05) is 20.2 Å². The summed E-state index contributed by atoms with van der Waals surface area (Å²) < 4.78 is 31.1. The van der Waals surface area contributed by atoms with Crippen LogP contribution in [0.5, 0.6) is 5.75 Å². The molecule has 0 N–H and O–H groups in total. The molecule has 1 amide bonds. The summed E-state index contributed by atoms with van der Waals surface area (Å²) in [4.78, 5) is 56.9. The summed E-state index contributed by atoms with van der Waals surface area (Å²) in [6, 6.07) is 5.88. The third-order valence-electron chi connectivity index (χ3n) is 9.11. The number of hydrogen-bond acceptors (Lipinski definition) is 8. The van der Waals surface area contributed by atoms with Crippen molar-refractivity contribution in [3.63, 3.8) is 0 Å². The number of nitrogens with zero attached hydrogens (tertiary/aromatic N) is 5. The van der Waals surface area contributed by atoms with Gasteiger partial charge in [0.1, 0.15) is 38.8 Å². The van der Waals surface area contributed by atoms with E-state index < -0.39 is 28.7 Å². The van der Waals surface area contributed by atoms with Crippen molar-refractivity contribution in [2.45, 2.75) is 83.6 Å². The average Bonchev–Trinajstić information content (AvgIpc) is 3.81. The first-order valence-electron chi connectivity index (χ1n) is 15.6. The molecule has 1 aromatic carbocycles. The number of Topliss-reactive ketones (excluding diaryl/α,β-unsaturated/α-hetero) is 1. The smallest absolute Gasteiger partial charge is 0.333 e. The number of thiophene rings is 1. The summed E-state index contributed by atoms with van der Waals surface area (Å²) in [5, 5.41) is 5.31. The number of carbonyl (C=O) groups is 2. The Hall–Kier alpha value is -4.10. The van der Waals surface area contributed by atoms with E-state index in [0.717, 1.165) is 17.4 Å².